The predicted octanol–water partition coefficient (Wildman–Crippen LogP) is 3.12. The lowest BCUT2D eigenvalue weighted by molar-refractivity contribution is 0.299. The number of H-pyrrole nitrogens is 1. The number of fused-ring (bicyclic) bond motifs is 1. The van der Waals surface area contributed by atoms with Gasteiger partial charge in [0.15, 0.2) is 17.2 Å². The predicted molar refractivity (Wildman–Crippen MR) is 121 cm³/mol. The lowest BCUT2D eigenvalue weighted by Gasteiger charge is -2.14. The molecule has 1 unspecified atom stereocenters. The third kappa shape index (κ3) is 4.82. The Morgan fingerprint density at radius 3 is 2.45 bits per heavy atom. The van der Waals surface area contributed by atoms with Gasteiger partial charge < -0.3 is 29.0 Å². The van der Waals surface area contributed by atoms with Gasteiger partial charge in [0.1, 0.15) is 22.9 Å². The van der Waals surface area contributed by atoms with Crippen LogP contribution in [-0.2, 0) is 10.9 Å². The molecular formula is C22H27N2O6S+. The molecule has 8 nitrogen and oxygen atoms in total. The number of nitrogens with zero attached hydrogens (tertiary/aromatic N) is 1. The molecule has 166 valence electrons. The molecule has 0 saturated heterocycles. The summed E-state index contributed by atoms with van der Waals surface area (Å²) in [5.41, 5.74) is 0.0959. The molecule has 0 fully saturated rings. The fourth-order valence-corrected chi connectivity index (χ4v) is 5.26. The molecule has 2 aromatic heterocycles. The first-order chi connectivity index (χ1) is 15.0. The van der Waals surface area contributed by atoms with Crippen molar-refractivity contribution in [3.8, 4) is 28.7 Å². The van der Waals surface area contributed by atoms with Crippen LogP contribution >= 0.6 is 0 Å². The highest BCUT2D eigenvalue weighted by Gasteiger charge is 2.29. The number of aromatic amines is 1. The molecular weight excluding hydrogens is 420 g/mol. The minimum absolute atomic E-state index is 0.0163. The first-order valence-corrected chi connectivity index (χ1v) is 11.4. The molecule has 3 rings (SSSR count). The van der Waals surface area contributed by atoms with E-state index in [2.05, 4.69) is 9.97 Å². The summed E-state index contributed by atoms with van der Waals surface area (Å²) in [5.74, 6) is 3.62. The highest BCUT2D eigenvalue weighted by Crippen LogP contribution is 2.40. The molecule has 0 aliphatic rings. The van der Waals surface area contributed by atoms with Gasteiger partial charge in [-0.1, -0.05) is 0 Å². The molecule has 31 heavy (non-hydrogen) atoms. The summed E-state index contributed by atoms with van der Waals surface area (Å²) in [7, 11) is 4.23. The van der Waals surface area contributed by atoms with Gasteiger partial charge in [0.25, 0.3) is 4.90 Å². The second kappa shape index (κ2) is 10.3. The average molecular weight is 448 g/mol. The van der Waals surface area contributed by atoms with Crippen LogP contribution in [0.4, 0.5) is 0 Å². The van der Waals surface area contributed by atoms with Gasteiger partial charge in [-0.25, -0.2) is 4.98 Å². The third-order valence-corrected chi connectivity index (χ3v) is 7.23. The Kier molecular flexibility index (Phi) is 7.51. The zero-order valence-corrected chi connectivity index (χ0v) is 18.9. The van der Waals surface area contributed by atoms with Gasteiger partial charge in [-0.05, 0) is 19.1 Å². The van der Waals surface area contributed by atoms with E-state index in [4.69, 9.17) is 18.9 Å². The van der Waals surface area contributed by atoms with Crippen molar-refractivity contribution in [1.29, 1.82) is 0 Å². The molecule has 0 aliphatic heterocycles. The van der Waals surface area contributed by atoms with Crippen LogP contribution in [0.2, 0.25) is 0 Å². The number of methoxy groups -OCH3 is 3. The Hall–Kier alpha value is -3.07. The largest absolute Gasteiger partial charge is 0.503 e. The number of aromatic nitrogens is 2. The van der Waals surface area contributed by atoms with Crippen LogP contribution in [0.25, 0.3) is 11.0 Å². The van der Waals surface area contributed by atoms with Crippen molar-refractivity contribution in [2.24, 2.45) is 0 Å². The van der Waals surface area contributed by atoms with Gasteiger partial charge in [-0.15, -0.1) is 0 Å². The third-order valence-electron chi connectivity index (χ3n) is 4.80. The Labute approximate surface area is 183 Å². The average Bonchev–Trinajstić information content (AvgIpc) is 2.79. The van der Waals surface area contributed by atoms with E-state index in [1.54, 1.807) is 51.8 Å². The van der Waals surface area contributed by atoms with Crippen molar-refractivity contribution in [2.45, 2.75) is 18.2 Å². The first kappa shape index (κ1) is 22.6. The summed E-state index contributed by atoms with van der Waals surface area (Å²) in [5, 5.41) is 11.3. The molecule has 0 bridgehead atoms. The number of hydrogen-bond donors (Lipinski definition) is 2. The number of rotatable bonds is 10. The SMILES string of the molecule is CC[S+](CCCOc1cc(OC)c(OC)c(OC)c1)c1c(O)c2cccnc2[nH]c1=O. The van der Waals surface area contributed by atoms with Gasteiger partial charge in [0, 0.05) is 35.6 Å². The molecule has 3 aromatic rings. The van der Waals surface area contributed by atoms with Crippen LogP contribution in [0.3, 0.4) is 0 Å². The minimum atomic E-state index is -0.420. The highest BCUT2D eigenvalue weighted by atomic mass is 32.2. The van der Waals surface area contributed by atoms with Crippen molar-refractivity contribution >= 4 is 21.9 Å². The van der Waals surface area contributed by atoms with E-state index in [-0.39, 0.29) is 11.3 Å². The zero-order valence-electron chi connectivity index (χ0n) is 18.1. The number of pyridine rings is 2. The lowest BCUT2D eigenvalue weighted by atomic mass is 10.2. The topological polar surface area (TPSA) is 103 Å². The van der Waals surface area contributed by atoms with E-state index in [0.717, 1.165) is 5.75 Å². The van der Waals surface area contributed by atoms with Crippen molar-refractivity contribution in [3.05, 3.63) is 40.8 Å². The number of benzene rings is 1. The molecule has 0 radical (unpaired) electrons. The normalized spacial score (nSPS) is 11.9. The Morgan fingerprint density at radius 2 is 1.84 bits per heavy atom. The molecule has 2 heterocycles. The summed E-state index contributed by atoms with van der Waals surface area (Å²) in [6.07, 6.45) is 2.29. The molecule has 0 saturated carbocycles. The van der Waals surface area contributed by atoms with Gasteiger partial charge in [-0.3, -0.25) is 4.79 Å². The summed E-state index contributed by atoms with van der Waals surface area (Å²) < 4.78 is 21.9. The van der Waals surface area contributed by atoms with Crippen LogP contribution in [0.15, 0.2) is 40.2 Å². The summed E-state index contributed by atoms with van der Waals surface area (Å²) in [6, 6.07) is 6.98. The monoisotopic (exact) mass is 447 g/mol. The second-order valence-electron chi connectivity index (χ2n) is 6.58. The van der Waals surface area contributed by atoms with Gasteiger partial charge in [0.05, 0.1) is 33.3 Å². The van der Waals surface area contributed by atoms with Gasteiger partial charge in [0.2, 0.25) is 5.75 Å². The first-order valence-electron chi connectivity index (χ1n) is 9.84. The minimum Gasteiger partial charge on any atom is -0.503 e. The van der Waals surface area contributed by atoms with Crippen LogP contribution in [-0.4, -0.2) is 54.5 Å². The van der Waals surface area contributed by atoms with Crippen molar-refractivity contribution < 1.29 is 24.1 Å². The number of aromatic hydroxyl groups is 1. The smallest absolute Gasteiger partial charge is 0.308 e. The van der Waals surface area contributed by atoms with Crippen LogP contribution in [0.5, 0.6) is 28.7 Å². The summed E-state index contributed by atoms with van der Waals surface area (Å²) in [4.78, 5) is 19.9. The van der Waals surface area contributed by atoms with E-state index in [0.29, 0.717) is 57.7 Å². The number of ether oxygens (including phenoxy) is 4. The van der Waals surface area contributed by atoms with Crippen molar-refractivity contribution in [1.82, 2.24) is 9.97 Å². The molecule has 1 aromatic carbocycles. The standard InChI is InChI=1S/C22H26N2O6S/c1-5-31(20-18(25)15-8-6-9-23-21(15)24-22(20)26)11-7-10-30-14-12-16(27-2)19(29-4)17(13-14)28-3/h6,8-9,12-13H,5,7,10-11H2,1-4H3,(H-,23,24,25,26)/p+1. The van der Waals surface area contributed by atoms with Gasteiger partial charge >= 0.3 is 5.56 Å². The Bertz CT molecular complexity index is 1080. The van der Waals surface area contributed by atoms with Crippen LogP contribution < -0.4 is 24.5 Å². The number of nitrogens with one attached hydrogen (secondary N) is 1. The molecule has 0 spiro atoms. The zero-order chi connectivity index (χ0) is 22.4. The van der Waals surface area contributed by atoms with E-state index in [1.807, 2.05) is 6.92 Å². The quantitative estimate of drug-likeness (QED) is 0.364. The van der Waals surface area contributed by atoms with E-state index < -0.39 is 10.9 Å². The fourth-order valence-electron chi connectivity index (χ4n) is 3.31. The van der Waals surface area contributed by atoms with Crippen LogP contribution in [0, 0.1) is 0 Å². The fraction of sp³-hybridized carbons (Fsp3) is 0.364. The molecule has 0 aliphatic carbocycles. The van der Waals surface area contributed by atoms with E-state index >= 15 is 0 Å². The second-order valence-corrected chi connectivity index (χ2v) is 8.96. The maximum absolute atomic E-state index is 12.6. The molecule has 2 N–H and O–H groups in total. The molecule has 1 atom stereocenters. The van der Waals surface area contributed by atoms with E-state index in [9.17, 15) is 9.90 Å². The Morgan fingerprint density at radius 1 is 1.13 bits per heavy atom. The molecule has 0 amide bonds. The summed E-state index contributed by atoms with van der Waals surface area (Å²) in [6.45, 7) is 2.45. The number of hydrogen-bond acceptors (Lipinski definition) is 7. The van der Waals surface area contributed by atoms with Gasteiger partial charge in [-0.2, -0.15) is 0 Å². The van der Waals surface area contributed by atoms with E-state index in [1.165, 1.54) is 0 Å². The van der Waals surface area contributed by atoms with Crippen molar-refractivity contribution in [3.63, 3.8) is 0 Å². The molecule has 9 heteroatoms. The maximum Gasteiger partial charge on any atom is 0.308 e. The lowest BCUT2D eigenvalue weighted by Crippen LogP contribution is -2.23. The van der Waals surface area contributed by atoms with Crippen molar-refractivity contribution in [2.75, 3.05) is 39.4 Å². The van der Waals surface area contributed by atoms with Crippen LogP contribution in [0.1, 0.15) is 13.3 Å². The Balaban J connectivity index is 1.70. The summed E-state index contributed by atoms with van der Waals surface area (Å²) >= 11 is 0. The highest BCUT2D eigenvalue weighted by molar-refractivity contribution is 7.97. The maximum atomic E-state index is 12.6.